The van der Waals surface area contributed by atoms with Crippen molar-refractivity contribution in [3.63, 3.8) is 0 Å². The first kappa shape index (κ1) is 21.0. The number of nitrogens with zero attached hydrogens (tertiary/aromatic N) is 1. The van der Waals surface area contributed by atoms with E-state index in [2.05, 4.69) is 25.9 Å². The van der Waals surface area contributed by atoms with Gasteiger partial charge in [-0.1, -0.05) is 76.9 Å². The molecule has 116 valence electrons. The van der Waals surface area contributed by atoms with Gasteiger partial charge in [0.25, 0.3) is 0 Å². The van der Waals surface area contributed by atoms with Crippen molar-refractivity contribution in [2.24, 2.45) is 0 Å². The molecule has 0 heterocycles. The molecule has 0 bridgehead atoms. The zero-order valence-corrected chi connectivity index (χ0v) is 14.4. The molecule has 19 heavy (non-hydrogen) atoms. The summed E-state index contributed by atoms with van der Waals surface area (Å²) < 4.78 is 0. The summed E-state index contributed by atoms with van der Waals surface area (Å²) >= 11 is 0. The van der Waals surface area contributed by atoms with Crippen LogP contribution in [0.2, 0.25) is 0 Å². The molecule has 1 nitrogen and oxygen atoms in total. The van der Waals surface area contributed by atoms with E-state index in [1.54, 1.807) is 0 Å². The minimum absolute atomic E-state index is 1.26. The Kier molecular flexibility index (Phi) is 22.1. The van der Waals surface area contributed by atoms with E-state index in [1.807, 2.05) is 26.0 Å². The molecule has 0 saturated carbocycles. The largest absolute Gasteiger partial charge is 0.309 e. The SMILES string of the molecule is CC=CC.CCCCCCCCCCCCN(C)C. The van der Waals surface area contributed by atoms with Gasteiger partial charge >= 0.3 is 0 Å². The Balaban J connectivity index is 0. The van der Waals surface area contributed by atoms with Crippen LogP contribution in [0.3, 0.4) is 0 Å². The molecule has 1 heteroatoms. The van der Waals surface area contributed by atoms with Gasteiger partial charge in [0.05, 0.1) is 0 Å². The summed E-state index contributed by atoms with van der Waals surface area (Å²) in [5.41, 5.74) is 0. The molecule has 0 fully saturated rings. The molecule has 0 amide bonds. The Morgan fingerprint density at radius 2 is 1.00 bits per heavy atom. The van der Waals surface area contributed by atoms with Gasteiger partial charge in [0.1, 0.15) is 0 Å². The van der Waals surface area contributed by atoms with Gasteiger partial charge in [-0.25, -0.2) is 0 Å². The van der Waals surface area contributed by atoms with Crippen molar-refractivity contribution in [3.8, 4) is 0 Å². The number of hydrogen-bond acceptors (Lipinski definition) is 1. The van der Waals surface area contributed by atoms with Crippen LogP contribution in [-0.2, 0) is 0 Å². The van der Waals surface area contributed by atoms with Gasteiger partial charge in [0.2, 0.25) is 0 Å². The van der Waals surface area contributed by atoms with E-state index in [0.717, 1.165) is 0 Å². The molecule has 0 aromatic carbocycles. The number of allylic oxidation sites excluding steroid dienone is 2. The number of unbranched alkanes of at least 4 members (excludes halogenated alkanes) is 9. The minimum Gasteiger partial charge on any atom is -0.309 e. The molecule has 0 saturated heterocycles. The Labute approximate surface area is 123 Å². The Morgan fingerprint density at radius 1 is 0.632 bits per heavy atom. The zero-order valence-electron chi connectivity index (χ0n) is 14.4. The van der Waals surface area contributed by atoms with Crippen LogP contribution >= 0.6 is 0 Å². The first-order valence-electron chi connectivity index (χ1n) is 8.41. The highest BCUT2D eigenvalue weighted by molar-refractivity contribution is 4.68. The summed E-state index contributed by atoms with van der Waals surface area (Å²) in [6, 6.07) is 0. The van der Waals surface area contributed by atoms with Crippen LogP contribution in [0.4, 0.5) is 0 Å². The van der Waals surface area contributed by atoms with Crippen LogP contribution in [-0.4, -0.2) is 25.5 Å². The molecule has 0 aliphatic rings. The number of rotatable bonds is 11. The highest BCUT2D eigenvalue weighted by atomic mass is 15.0. The summed E-state index contributed by atoms with van der Waals surface area (Å²) in [6.07, 6.45) is 18.4. The summed E-state index contributed by atoms with van der Waals surface area (Å²) in [5, 5.41) is 0. The predicted octanol–water partition coefficient (Wildman–Crippen LogP) is 6.05. The molecule has 0 aliphatic heterocycles. The van der Waals surface area contributed by atoms with Gasteiger partial charge in [0.15, 0.2) is 0 Å². The zero-order chi connectivity index (χ0) is 14.8. The van der Waals surface area contributed by atoms with Gasteiger partial charge in [-0.15, -0.1) is 0 Å². The van der Waals surface area contributed by atoms with Crippen LogP contribution in [0.5, 0.6) is 0 Å². The fraction of sp³-hybridized carbons (Fsp3) is 0.889. The van der Waals surface area contributed by atoms with Crippen LogP contribution in [0, 0.1) is 0 Å². The fourth-order valence-electron chi connectivity index (χ4n) is 1.92. The second-order valence-electron chi connectivity index (χ2n) is 5.65. The Hall–Kier alpha value is -0.300. The highest BCUT2D eigenvalue weighted by Gasteiger charge is 1.93. The van der Waals surface area contributed by atoms with E-state index in [4.69, 9.17) is 0 Å². The molecule has 0 aliphatic carbocycles. The minimum atomic E-state index is 1.26. The van der Waals surface area contributed by atoms with Crippen molar-refractivity contribution in [1.82, 2.24) is 4.90 Å². The lowest BCUT2D eigenvalue weighted by atomic mass is 10.1. The molecule has 0 unspecified atom stereocenters. The van der Waals surface area contributed by atoms with Crippen molar-refractivity contribution in [2.45, 2.75) is 85.0 Å². The lowest BCUT2D eigenvalue weighted by Gasteiger charge is -2.08. The van der Waals surface area contributed by atoms with Crippen LogP contribution in [0.15, 0.2) is 12.2 Å². The third kappa shape index (κ3) is 27.0. The second-order valence-corrected chi connectivity index (χ2v) is 5.65. The molecule has 0 N–H and O–H groups in total. The van der Waals surface area contributed by atoms with E-state index in [1.165, 1.54) is 70.8 Å². The highest BCUT2D eigenvalue weighted by Crippen LogP contribution is 2.10. The average molecular weight is 270 g/mol. The smallest absolute Gasteiger partial charge is 0.00248 e. The lowest BCUT2D eigenvalue weighted by Crippen LogP contribution is -2.12. The quantitative estimate of drug-likeness (QED) is 0.326. The molecule has 0 radical (unpaired) electrons. The van der Waals surface area contributed by atoms with E-state index in [-0.39, 0.29) is 0 Å². The molecule has 0 aromatic heterocycles. The summed E-state index contributed by atoms with van der Waals surface area (Å²) in [4.78, 5) is 2.28. The van der Waals surface area contributed by atoms with Crippen molar-refractivity contribution in [1.29, 1.82) is 0 Å². The summed E-state index contributed by atoms with van der Waals surface area (Å²) in [7, 11) is 4.32. The molecule has 0 atom stereocenters. The van der Waals surface area contributed by atoms with Crippen molar-refractivity contribution in [2.75, 3.05) is 20.6 Å². The molecule has 0 rings (SSSR count). The Morgan fingerprint density at radius 3 is 1.32 bits per heavy atom. The van der Waals surface area contributed by atoms with Crippen molar-refractivity contribution >= 4 is 0 Å². The first-order valence-corrected chi connectivity index (χ1v) is 8.41. The third-order valence-electron chi connectivity index (χ3n) is 3.29. The normalized spacial score (nSPS) is 10.8. The molecular weight excluding hydrogens is 230 g/mol. The topological polar surface area (TPSA) is 3.24 Å². The molecule has 0 spiro atoms. The van der Waals surface area contributed by atoms with Crippen molar-refractivity contribution < 1.29 is 0 Å². The monoisotopic (exact) mass is 269 g/mol. The van der Waals surface area contributed by atoms with Crippen LogP contribution in [0.25, 0.3) is 0 Å². The maximum absolute atomic E-state index is 2.28. The number of hydrogen-bond donors (Lipinski definition) is 0. The van der Waals surface area contributed by atoms with E-state index < -0.39 is 0 Å². The van der Waals surface area contributed by atoms with Gasteiger partial charge in [-0.3, -0.25) is 0 Å². The van der Waals surface area contributed by atoms with E-state index in [9.17, 15) is 0 Å². The maximum Gasteiger partial charge on any atom is -0.00248 e. The van der Waals surface area contributed by atoms with Crippen LogP contribution < -0.4 is 0 Å². The summed E-state index contributed by atoms with van der Waals surface area (Å²) in [6.45, 7) is 7.54. The van der Waals surface area contributed by atoms with Gasteiger partial charge in [-0.05, 0) is 40.9 Å². The van der Waals surface area contributed by atoms with E-state index >= 15 is 0 Å². The first-order chi connectivity index (χ1) is 9.18. The summed E-state index contributed by atoms with van der Waals surface area (Å²) in [5.74, 6) is 0. The van der Waals surface area contributed by atoms with E-state index in [0.29, 0.717) is 0 Å². The predicted molar refractivity (Wildman–Crippen MR) is 90.9 cm³/mol. The van der Waals surface area contributed by atoms with Gasteiger partial charge in [-0.2, -0.15) is 0 Å². The second kappa shape index (κ2) is 20.0. The van der Waals surface area contributed by atoms with Gasteiger partial charge in [0, 0.05) is 0 Å². The fourth-order valence-corrected chi connectivity index (χ4v) is 1.92. The average Bonchev–Trinajstić information content (AvgIpc) is 2.41. The molecular formula is C18H39N. The lowest BCUT2D eigenvalue weighted by molar-refractivity contribution is 0.389. The van der Waals surface area contributed by atoms with Crippen molar-refractivity contribution in [3.05, 3.63) is 12.2 Å². The molecule has 0 aromatic rings. The van der Waals surface area contributed by atoms with Crippen LogP contribution in [0.1, 0.15) is 85.0 Å². The standard InChI is InChI=1S/C14H31N.C4H8/c1-4-5-6-7-8-9-10-11-12-13-14-15(2)3;1-3-4-2/h4-14H2,1-3H3;3-4H,1-2H3. The Bertz CT molecular complexity index is 157. The van der Waals surface area contributed by atoms with Gasteiger partial charge < -0.3 is 4.90 Å². The third-order valence-corrected chi connectivity index (χ3v) is 3.29. The maximum atomic E-state index is 2.28.